The Kier molecular flexibility index (Phi) is 5.16. The molecule has 0 amide bonds. The van der Waals surface area contributed by atoms with E-state index in [9.17, 15) is 10.1 Å². The van der Waals surface area contributed by atoms with Crippen LogP contribution in [0.1, 0.15) is 11.1 Å². The van der Waals surface area contributed by atoms with Gasteiger partial charge in [-0.3, -0.25) is 10.1 Å². The highest BCUT2D eigenvalue weighted by atomic mass is 35.5. The summed E-state index contributed by atoms with van der Waals surface area (Å²) in [5.74, 6) is 0.510. The Balaban J connectivity index is 2.49. The highest BCUT2D eigenvalue weighted by Gasteiger charge is 2.17. The molecule has 0 saturated heterocycles. The van der Waals surface area contributed by atoms with Gasteiger partial charge in [-0.25, -0.2) is 0 Å². The summed E-state index contributed by atoms with van der Waals surface area (Å²) in [6.45, 7) is 0.502. The van der Waals surface area contributed by atoms with Crippen LogP contribution >= 0.6 is 11.6 Å². The lowest BCUT2D eigenvalue weighted by Crippen LogP contribution is -2.12. The third kappa shape index (κ3) is 3.97. The van der Waals surface area contributed by atoms with Crippen molar-refractivity contribution in [2.24, 2.45) is 0 Å². The number of halogens is 1. The Bertz CT molecular complexity index is 785. The minimum Gasteiger partial charge on any atom is -0.450 e. The van der Waals surface area contributed by atoms with Crippen LogP contribution in [-0.2, 0) is 6.54 Å². The lowest BCUT2D eigenvalue weighted by Gasteiger charge is -2.16. The van der Waals surface area contributed by atoms with Crippen molar-refractivity contribution in [2.45, 2.75) is 6.54 Å². The van der Waals surface area contributed by atoms with Crippen LogP contribution in [0.5, 0.6) is 11.5 Å². The molecule has 2 rings (SSSR count). The monoisotopic (exact) mass is 331 g/mol. The van der Waals surface area contributed by atoms with E-state index < -0.39 is 4.92 Å². The van der Waals surface area contributed by atoms with E-state index in [4.69, 9.17) is 21.6 Å². The summed E-state index contributed by atoms with van der Waals surface area (Å²) in [5, 5.41) is 20.4. The predicted octanol–water partition coefficient (Wildman–Crippen LogP) is 3.97. The molecule has 0 bridgehead atoms. The van der Waals surface area contributed by atoms with Crippen LogP contribution in [0, 0.1) is 21.4 Å². The number of nitro benzene ring substituents is 1. The summed E-state index contributed by atoms with van der Waals surface area (Å²) in [6, 6.07) is 11.3. The van der Waals surface area contributed by atoms with Crippen LogP contribution in [0.15, 0.2) is 36.4 Å². The second-order valence-electron chi connectivity index (χ2n) is 5.12. The molecule has 0 aromatic heterocycles. The maximum atomic E-state index is 11.1. The molecular formula is C16H14ClN3O3. The molecule has 0 radical (unpaired) electrons. The second kappa shape index (κ2) is 7.09. The standard InChI is InChI=1S/C16H14ClN3O3/c1-19(2)10-12-7-11(9-18)13(17)8-16(12)23-15-6-4-3-5-14(15)20(21)22/h3-8H,10H2,1-2H3. The number of hydrogen-bond acceptors (Lipinski definition) is 5. The highest BCUT2D eigenvalue weighted by molar-refractivity contribution is 6.31. The molecule has 0 spiro atoms. The Morgan fingerprint density at radius 2 is 2.00 bits per heavy atom. The first-order chi connectivity index (χ1) is 10.9. The predicted molar refractivity (Wildman–Crippen MR) is 86.7 cm³/mol. The van der Waals surface area contributed by atoms with Crippen molar-refractivity contribution in [2.75, 3.05) is 14.1 Å². The number of benzene rings is 2. The molecular weight excluding hydrogens is 318 g/mol. The van der Waals surface area contributed by atoms with Crippen molar-refractivity contribution in [3.05, 3.63) is 62.7 Å². The number of nitrogens with zero attached hydrogens (tertiary/aromatic N) is 3. The van der Waals surface area contributed by atoms with Crippen molar-refractivity contribution in [3.8, 4) is 17.6 Å². The normalized spacial score (nSPS) is 10.4. The molecule has 0 fully saturated rings. The zero-order chi connectivity index (χ0) is 17.0. The quantitative estimate of drug-likeness (QED) is 0.611. The molecule has 0 atom stereocenters. The molecule has 6 nitrogen and oxygen atoms in total. The SMILES string of the molecule is CN(C)Cc1cc(C#N)c(Cl)cc1Oc1ccccc1[N+](=O)[O-]. The Hall–Kier alpha value is -2.62. The minimum atomic E-state index is -0.508. The zero-order valence-electron chi connectivity index (χ0n) is 12.6. The topological polar surface area (TPSA) is 79.4 Å². The molecule has 0 saturated carbocycles. The number of hydrogen-bond donors (Lipinski definition) is 0. The molecule has 23 heavy (non-hydrogen) atoms. The van der Waals surface area contributed by atoms with Crippen LogP contribution in [0.3, 0.4) is 0 Å². The number of nitro groups is 1. The van der Waals surface area contributed by atoms with Gasteiger partial charge in [0, 0.05) is 24.2 Å². The Morgan fingerprint density at radius 1 is 1.30 bits per heavy atom. The molecule has 0 aliphatic rings. The third-order valence-corrected chi connectivity index (χ3v) is 3.35. The lowest BCUT2D eigenvalue weighted by molar-refractivity contribution is -0.385. The number of para-hydroxylation sites is 2. The molecule has 0 N–H and O–H groups in total. The summed E-state index contributed by atoms with van der Waals surface area (Å²) in [5.41, 5.74) is 0.913. The number of rotatable bonds is 5. The van der Waals surface area contributed by atoms with Crippen molar-refractivity contribution in [3.63, 3.8) is 0 Å². The summed E-state index contributed by atoms with van der Waals surface area (Å²) in [4.78, 5) is 12.5. The molecule has 7 heteroatoms. The molecule has 2 aromatic rings. The molecule has 0 heterocycles. The summed E-state index contributed by atoms with van der Waals surface area (Å²) in [6.07, 6.45) is 0. The van der Waals surface area contributed by atoms with Gasteiger partial charge >= 0.3 is 5.69 Å². The van der Waals surface area contributed by atoms with E-state index >= 15 is 0 Å². The van der Waals surface area contributed by atoms with Crippen molar-refractivity contribution < 1.29 is 9.66 Å². The first-order valence-electron chi connectivity index (χ1n) is 6.71. The van der Waals surface area contributed by atoms with Gasteiger partial charge < -0.3 is 9.64 Å². The Labute approximate surface area is 138 Å². The van der Waals surface area contributed by atoms with Gasteiger partial charge in [0.05, 0.1) is 15.5 Å². The van der Waals surface area contributed by atoms with Crippen LogP contribution in [0.4, 0.5) is 5.69 Å². The van der Waals surface area contributed by atoms with Gasteiger partial charge in [-0.2, -0.15) is 5.26 Å². The smallest absolute Gasteiger partial charge is 0.311 e. The molecule has 118 valence electrons. The minimum absolute atomic E-state index is 0.123. The maximum Gasteiger partial charge on any atom is 0.311 e. The van der Waals surface area contributed by atoms with Gasteiger partial charge in [-0.05, 0) is 26.2 Å². The van der Waals surface area contributed by atoms with Crippen molar-refractivity contribution in [1.82, 2.24) is 4.90 Å². The van der Waals surface area contributed by atoms with E-state index in [0.717, 1.165) is 0 Å². The van der Waals surface area contributed by atoms with Gasteiger partial charge in [-0.1, -0.05) is 23.7 Å². The van der Waals surface area contributed by atoms with Gasteiger partial charge in [0.15, 0.2) is 0 Å². The van der Waals surface area contributed by atoms with Crippen molar-refractivity contribution in [1.29, 1.82) is 5.26 Å². The fourth-order valence-electron chi connectivity index (χ4n) is 2.06. The number of ether oxygens (including phenoxy) is 1. The van der Waals surface area contributed by atoms with Crippen LogP contribution in [0.2, 0.25) is 5.02 Å². The fourth-order valence-corrected chi connectivity index (χ4v) is 2.25. The molecule has 2 aromatic carbocycles. The van der Waals surface area contributed by atoms with E-state index in [2.05, 4.69) is 0 Å². The van der Waals surface area contributed by atoms with E-state index in [1.807, 2.05) is 25.1 Å². The molecule has 0 unspecified atom stereocenters. The average Bonchev–Trinajstić information content (AvgIpc) is 2.49. The van der Waals surface area contributed by atoms with E-state index in [0.29, 0.717) is 23.4 Å². The van der Waals surface area contributed by atoms with E-state index in [-0.39, 0.29) is 16.5 Å². The van der Waals surface area contributed by atoms with Crippen LogP contribution < -0.4 is 4.74 Å². The number of nitriles is 1. The van der Waals surface area contributed by atoms with Crippen LogP contribution in [-0.4, -0.2) is 23.9 Å². The average molecular weight is 332 g/mol. The van der Waals surface area contributed by atoms with Gasteiger partial charge in [0.2, 0.25) is 5.75 Å². The molecule has 0 aliphatic heterocycles. The van der Waals surface area contributed by atoms with Gasteiger partial charge in [0.1, 0.15) is 11.8 Å². The maximum absolute atomic E-state index is 11.1. The van der Waals surface area contributed by atoms with E-state index in [1.165, 1.54) is 18.2 Å². The van der Waals surface area contributed by atoms with E-state index in [1.54, 1.807) is 18.2 Å². The summed E-state index contributed by atoms with van der Waals surface area (Å²) >= 11 is 6.06. The van der Waals surface area contributed by atoms with Gasteiger partial charge in [-0.15, -0.1) is 0 Å². The fraction of sp³-hybridized carbons (Fsp3) is 0.188. The largest absolute Gasteiger partial charge is 0.450 e. The molecule has 0 aliphatic carbocycles. The lowest BCUT2D eigenvalue weighted by atomic mass is 10.1. The van der Waals surface area contributed by atoms with Crippen molar-refractivity contribution >= 4 is 17.3 Å². The first-order valence-corrected chi connectivity index (χ1v) is 7.08. The summed E-state index contributed by atoms with van der Waals surface area (Å²) < 4.78 is 5.72. The Morgan fingerprint density at radius 3 is 2.61 bits per heavy atom. The highest BCUT2D eigenvalue weighted by Crippen LogP contribution is 2.35. The van der Waals surface area contributed by atoms with Gasteiger partial charge in [0.25, 0.3) is 0 Å². The first kappa shape index (κ1) is 16.7. The zero-order valence-corrected chi connectivity index (χ0v) is 13.4. The third-order valence-electron chi connectivity index (χ3n) is 3.04. The summed E-state index contributed by atoms with van der Waals surface area (Å²) in [7, 11) is 3.74. The van der Waals surface area contributed by atoms with Crippen LogP contribution in [0.25, 0.3) is 0 Å². The second-order valence-corrected chi connectivity index (χ2v) is 5.52.